The smallest absolute Gasteiger partial charge is 0.230 e. The molecule has 1 aromatic carbocycles. The number of aromatic nitrogens is 5. The number of ether oxygens (including phenoxy) is 2. The predicted octanol–water partition coefficient (Wildman–Crippen LogP) is 2.97. The van der Waals surface area contributed by atoms with Gasteiger partial charge in [0.05, 0.1) is 11.3 Å². The number of pyridine rings is 1. The van der Waals surface area contributed by atoms with E-state index in [-0.39, 0.29) is 5.78 Å². The van der Waals surface area contributed by atoms with Crippen molar-refractivity contribution in [2.24, 2.45) is 0 Å². The van der Waals surface area contributed by atoms with E-state index in [2.05, 4.69) is 26.6 Å². The third-order valence-corrected chi connectivity index (χ3v) is 4.74. The van der Waals surface area contributed by atoms with Gasteiger partial charge in [-0.1, -0.05) is 18.2 Å². The number of hydrogen-bond acceptors (Lipinski definition) is 7. The number of carbonyl (C=O) groups is 1. The zero-order chi connectivity index (χ0) is 20.6. The summed E-state index contributed by atoms with van der Waals surface area (Å²) in [6.07, 6.45) is 3.23. The van der Waals surface area contributed by atoms with Crippen molar-refractivity contribution in [1.29, 1.82) is 0 Å². The van der Waals surface area contributed by atoms with E-state index in [1.165, 1.54) is 11.0 Å². The summed E-state index contributed by atoms with van der Waals surface area (Å²) in [5, 5.41) is 11.1. The minimum atomic E-state index is -0.986. The topological polar surface area (TPSA) is 92.0 Å². The molecule has 0 spiro atoms. The van der Waals surface area contributed by atoms with Gasteiger partial charge in [0.2, 0.25) is 11.7 Å². The van der Waals surface area contributed by atoms with E-state index in [1.807, 2.05) is 44.3 Å². The Labute approximate surface area is 168 Å². The quantitative estimate of drug-likeness (QED) is 0.660. The van der Waals surface area contributed by atoms with Crippen molar-refractivity contribution in [3.63, 3.8) is 0 Å². The van der Waals surface area contributed by atoms with Crippen molar-refractivity contribution >= 4 is 17.2 Å². The maximum atomic E-state index is 12.9. The average molecular weight is 391 g/mol. The van der Waals surface area contributed by atoms with Gasteiger partial charge in [-0.3, -0.25) is 9.78 Å². The second-order valence-electron chi connectivity index (χ2n) is 7.47. The Hall–Kier alpha value is -3.55. The lowest BCUT2D eigenvalue weighted by Crippen LogP contribution is -2.29. The highest BCUT2D eigenvalue weighted by Gasteiger charge is 2.43. The van der Waals surface area contributed by atoms with E-state index in [9.17, 15) is 4.79 Å². The molecular formula is C21H21N5O3. The number of carbonyl (C=O) groups excluding carboxylic acids is 1. The number of benzene rings is 1. The van der Waals surface area contributed by atoms with Crippen LogP contribution in [0.4, 0.5) is 0 Å². The fourth-order valence-corrected chi connectivity index (χ4v) is 3.17. The van der Waals surface area contributed by atoms with Gasteiger partial charge >= 0.3 is 0 Å². The largest absolute Gasteiger partial charge is 0.487 e. The van der Waals surface area contributed by atoms with Gasteiger partial charge in [-0.25, -0.2) is 0 Å². The van der Waals surface area contributed by atoms with E-state index in [0.717, 1.165) is 16.8 Å². The van der Waals surface area contributed by atoms with Crippen molar-refractivity contribution in [2.45, 2.75) is 39.9 Å². The van der Waals surface area contributed by atoms with E-state index < -0.39 is 5.60 Å². The van der Waals surface area contributed by atoms with Gasteiger partial charge in [0.1, 0.15) is 18.7 Å². The summed E-state index contributed by atoms with van der Waals surface area (Å²) in [6, 6.07) is 9.37. The van der Waals surface area contributed by atoms with Gasteiger partial charge in [0, 0.05) is 6.20 Å². The Morgan fingerprint density at radius 2 is 1.93 bits per heavy atom. The number of ketones is 1. The van der Waals surface area contributed by atoms with Crippen molar-refractivity contribution < 1.29 is 14.3 Å². The zero-order valence-electron chi connectivity index (χ0n) is 16.7. The van der Waals surface area contributed by atoms with Gasteiger partial charge < -0.3 is 9.47 Å². The van der Waals surface area contributed by atoms with Crippen LogP contribution in [-0.2, 0) is 16.1 Å². The van der Waals surface area contributed by atoms with Crippen LogP contribution in [0.25, 0.3) is 11.5 Å². The number of hydrogen-bond donors (Lipinski definition) is 0. The summed E-state index contributed by atoms with van der Waals surface area (Å²) >= 11 is 0. The number of Topliss-reactive ketones (excluding diaryl/α,β-unsaturated/α-hetero) is 1. The molecule has 0 radical (unpaired) electrons. The lowest BCUT2D eigenvalue weighted by molar-refractivity contribution is -0.125. The van der Waals surface area contributed by atoms with Gasteiger partial charge in [-0.15, -0.1) is 5.10 Å². The standard InChI is InChI=1S/C21H21N5O3/c1-13-9-14(2)17(22-10-13)11-28-16-7-5-15(6-8-16)18-19(27)21(3,4)29-20(18)26-12-23-24-25-26/h5-10,12H,11H2,1-4H3. The minimum Gasteiger partial charge on any atom is -0.487 e. The number of aryl methyl sites for hydroxylation is 2. The van der Waals surface area contributed by atoms with Crippen molar-refractivity contribution in [1.82, 2.24) is 25.2 Å². The lowest BCUT2D eigenvalue weighted by Gasteiger charge is -2.16. The van der Waals surface area contributed by atoms with Crippen molar-refractivity contribution in [2.75, 3.05) is 0 Å². The van der Waals surface area contributed by atoms with E-state index >= 15 is 0 Å². The summed E-state index contributed by atoms with van der Waals surface area (Å²) in [6.45, 7) is 7.85. The molecule has 3 heterocycles. The first-order valence-electron chi connectivity index (χ1n) is 9.22. The highest BCUT2D eigenvalue weighted by molar-refractivity contribution is 6.31. The molecule has 0 saturated carbocycles. The van der Waals surface area contributed by atoms with Crippen LogP contribution in [0.5, 0.6) is 5.75 Å². The van der Waals surface area contributed by atoms with Gasteiger partial charge in [0.25, 0.3) is 0 Å². The highest BCUT2D eigenvalue weighted by atomic mass is 16.5. The molecule has 29 heavy (non-hydrogen) atoms. The van der Waals surface area contributed by atoms with Crippen LogP contribution in [0, 0.1) is 13.8 Å². The third kappa shape index (κ3) is 3.61. The summed E-state index contributed by atoms with van der Waals surface area (Å²) in [5.74, 6) is 0.875. The van der Waals surface area contributed by atoms with Crippen LogP contribution >= 0.6 is 0 Å². The first-order valence-corrected chi connectivity index (χ1v) is 9.22. The van der Waals surface area contributed by atoms with Crippen LogP contribution in [0.3, 0.4) is 0 Å². The molecule has 8 heteroatoms. The molecule has 0 aliphatic carbocycles. The lowest BCUT2D eigenvalue weighted by atomic mass is 9.94. The molecule has 1 aliphatic heterocycles. The van der Waals surface area contributed by atoms with E-state index in [4.69, 9.17) is 9.47 Å². The summed E-state index contributed by atoms with van der Waals surface area (Å²) in [7, 11) is 0. The monoisotopic (exact) mass is 391 g/mol. The first kappa shape index (κ1) is 18.8. The Morgan fingerprint density at radius 3 is 2.59 bits per heavy atom. The molecule has 2 aromatic heterocycles. The first-order chi connectivity index (χ1) is 13.8. The van der Waals surface area contributed by atoms with E-state index in [1.54, 1.807) is 13.8 Å². The molecule has 0 atom stereocenters. The van der Waals surface area contributed by atoms with Crippen LogP contribution in [0.15, 0.2) is 42.9 Å². The molecule has 148 valence electrons. The summed E-state index contributed by atoms with van der Waals surface area (Å²) in [4.78, 5) is 17.3. The minimum absolute atomic E-state index is 0.129. The Bertz CT molecular complexity index is 1090. The summed E-state index contributed by atoms with van der Waals surface area (Å²) in [5.41, 5.74) is 3.26. The molecule has 1 aliphatic rings. The normalized spacial score (nSPS) is 15.5. The molecule has 3 aromatic rings. The van der Waals surface area contributed by atoms with Crippen LogP contribution < -0.4 is 4.74 Å². The van der Waals surface area contributed by atoms with Crippen molar-refractivity contribution in [3.8, 4) is 5.75 Å². The molecule has 0 amide bonds. The molecule has 0 unspecified atom stereocenters. The fraction of sp³-hybridized carbons (Fsp3) is 0.286. The molecule has 0 bridgehead atoms. The van der Waals surface area contributed by atoms with Crippen molar-refractivity contribution in [3.05, 3.63) is 65.2 Å². The molecule has 4 rings (SSSR count). The summed E-state index contributed by atoms with van der Waals surface area (Å²) < 4.78 is 13.1. The predicted molar refractivity (Wildman–Crippen MR) is 106 cm³/mol. The Balaban J connectivity index is 1.58. The zero-order valence-corrected chi connectivity index (χ0v) is 16.7. The number of nitrogens with zero attached hydrogens (tertiary/aromatic N) is 5. The molecule has 0 N–H and O–H groups in total. The van der Waals surface area contributed by atoms with Crippen LogP contribution in [0.1, 0.15) is 36.2 Å². The van der Waals surface area contributed by atoms with Gasteiger partial charge in [-0.05, 0) is 66.9 Å². The Morgan fingerprint density at radius 1 is 1.17 bits per heavy atom. The average Bonchev–Trinajstić information content (AvgIpc) is 3.29. The van der Waals surface area contributed by atoms with Crippen LogP contribution in [-0.4, -0.2) is 36.6 Å². The number of rotatable bonds is 5. The molecule has 8 nitrogen and oxygen atoms in total. The fourth-order valence-electron chi connectivity index (χ4n) is 3.17. The van der Waals surface area contributed by atoms with Gasteiger partial charge in [0.15, 0.2) is 5.60 Å². The molecule has 0 fully saturated rings. The second kappa shape index (κ2) is 7.12. The third-order valence-electron chi connectivity index (χ3n) is 4.74. The highest BCUT2D eigenvalue weighted by Crippen LogP contribution is 2.38. The second-order valence-corrected chi connectivity index (χ2v) is 7.47. The number of tetrazole rings is 1. The molecule has 0 saturated heterocycles. The SMILES string of the molecule is Cc1cnc(COc2ccc(C3=C(n4cnnn4)OC(C)(C)C3=O)cc2)c(C)c1. The van der Waals surface area contributed by atoms with E-state index in [0.29, 0.717) is 29.4 Å². The maximum absolute atomic E-state index is 12.9. The Kier molecular flexibility index (Phi) is 4.62. The maximum Gasteiger partial charge on any atom is 0.230 e. The van der Waals surface area contributed by atoms with Crippen LogP contribution in [0.2, 0.25) is 0 Å². The molecular weight excluding hydrogens is 370 g/mol. The van der Waals surface area contributed by atoms with Gasteiger partial charge in [-0.2, -0.15) is 4.68 Å².